The summed E-state index contributed by atoms with van der Waals surface area (Å²) in [5.74, 6) is -0.961. The second-order valence-electron chi connectivity index (χ2n) is 4.57. The van der Waals surface area contributed by atoms with Gasteiger partial charge in [-0.25, -0.2) is 4.79 Å². The lowest BCUT2D eigenvalue weighted by Crippen LogP contribution is -2.21. The van der Waals surface area contributed by atoms with Gasteiger partial charge in [-0.3, -0.25) is 4.79 Å². The molecule has 23 heavy (non-hydrogen) atoms. The Labute approximate surface area is 149 Å². The van der Waals surface area contributed by atoms with Crippen LogP contribution in [0.4, 0.5) is 5.69 Å². The maximum Gasteiger partial charge on any atom is 0.338 e. The zero-order valence-electron chi connectivity index (χ0n) is 11.7. The fourth-order valence-corrected chi connectivity index (χ4v) is 3.02. The number of halogens is 1. The Hall–Kier alpha value is -2.07. The van der Waals surface area contributed by atoms with E-state index in [0.29, 0.717) is 22.3 Å². The van der Waals surface area contributed by atoms with Crippen LogP contribution < -0.4 is 5.32 Å². The van der Waals surface area contributed by atoms with Crippen LogP contribution >= 0.6 is 34.3 Å². The molecule has 116 valence electrons. The van der Waals surface area contributed by atoms with Crippen molar-refractivity contribution in [1.82, 2.24) is 8.75 Å². The number of hydrogen-bond donors (Lipinski definition) is 1. The van der Waals surface area contributed by atoms with Gasteiger partial charge in [-0.05, 0) is 52.9 Å². The van der Waals surface area contributed by atoms with E-state index < -0.39 is 11.9 Å². The molecule has 3 rings (SSSR count). The number of rotatable bonds is 4. The molecule has 8 heteroatoms. The molecule has 0 saturated carbocycles. The summed E-state index contributed by atoms with van der Waals surface area (Å²) in [5.41, 5.74) is 2.29. The molecule has 0 atom stereocenters. The third-order valence-electron chi connectivity index (χ3n) is 2.95. The van der Waals surface area contributed by atoms with Crippen LogP contribution in [-0.2, 0) is 9.53 Å². The van der Waals surface area contributed by atoms with Crippen LogP contribution in [0.2, 0.25) is 0 Å². The van der Waals surface area contributed by atoms with Crippen molar-refractivity contribution in [3.8, 4) is 0 Å². The van der Waals surface area contributed by atoms with Crippen molar-refractivity contribution in [3.63, 3.8) is 0 Å². The van der Waals surface area contributed by atoms with E-state index in [1.165, 1.54) is 0 Å². The Balaban J connectivity index is 1.62. The summed E-state index contributed by atoms with van der Waals surface area (Å²) in [7, 11) is 0. The van der Waals surface area contributed by atoms with Gasteiger partial charge in [0.05, 0.1) is 23.0 Å². The minimum atomic E-state index is -0.535. The highest BCUT2D eigenvalue weighted by Gasteiger charge is 2.12. The largest absolute Gasteiger partial charge is 0.452 e. The van der Waals surface area contributed by atoms with Crippen molar-refractivity contribution >= 4 is 62.9 Å². The lowest BCUT2D eigenvalue weighted by Gasteiger charge is -2.07. The molecule has 0 aliphatic rings. The van der Waals surface area contributed by atoms with Crippen molar-refractivity contribution in [2.75, 3.05) is 11.9 Å². The number of benzene rings is 2. The second-order valence-corrected chi connectivity index (χ2v) is 6.35. The Morgan fingerprint density at radius 1 is 1.17 bits per heavy atom. The van der Waals surface area contributed by atoms with E-state index in [1.54, 1.807) is 30.3 Å². The van der Waals surface area contributed by atoms with Gasteiger partial charge in [-0.2, -0.15) is 8.75 Å². The Bertz CT molecular complexity index is 881. The first-order valence-electron chi connectivity index (χ1n) is 6.57. The van der Waals surface area contributed by atoms with E-state index in [-0.39, 0.29) is 6.61 Å². The van der Waals surface area contributed by atoms with Gasteiger partial charge in [0.15, 0.2) is 6.61 Å². The summed E-state index contributed by atoms with van der Waals surface area (Å²) in [5, 5.41) is 2.68. The number of carbonyl (C=O) groups excluding carboxylic acids is 2. The van der Waals surface area contributed by atoms with Gasteiger partial charge < -0.3 is 10.1 Å². The standard InChI is InChI=1S/C15H10IN3O3S/c16-10-4-1-3-9(7-10)15(21)22-8-13(20)17-11-5-2-6-12-14(11)19-23-18-12/h1-7H,8H2,(H,17,20). The summed E-state index contributed by atoms with van der Waals surface area (Å²) < 4.78 is 14.2. The number of amides is 1. The van der Waals surface area contributed by atoms with Crippen LogP contribution in [0.3, 0.4) is 0 Å². The van der Waals surface area contributed by atoms with Crippen molar-refractivity contribution < 1.29 is 14.3 Å². The number of esters is 1. The van der Waals surface area contributed by atoms with Gasteiger partial charge in [0, 0.05) is 3.57 Å². The molecule has 0 spiro atoms. The van der Waals surface area contributed by atoms with E-state index in [4.69, 9.17) is 4.74 Å². The first-order valence-corrected chi connectivity index (χ1v) is 8.38. The van der Waals surface area contributed by atoms with E-state index >= 15 is 0 Å². The summed E-state index contributed by atoms with van der Waals surface area (Å²) in [6.07, 6.45) is 0. The molecule has 1 amide bonds. The number of aromatic nitrogens is 2. The zero-order valence-corrected chi connectivity index (χ0v) is 14.6. The quantitative estimate of drug-likeness (QED) is 0.499. The van der Waals surface area contributed by atoms with Gasteiger partial charge in [0.25, 0.3) is 5.91 Å². The van der Waals surface area contributed by atoms with Crippen LogP contribution in [-0.4, -0.2) is 27.2 Å². The van der Waals surface area contributed by atoms with E-state index in [9.17, 15) is 9.59 Å². The third-order valence-corrected chi connectivity index (χ3v) is 4.17. The number of hydrogen-bond acceptors (Lipinski definition) is 6. The Morgan fingerprint density at radius 3 is 2.83 bits per heavy atom. The Kier molecular flexibility index (Phi) is 4.82. The van der Waals surface area contributed by atoms with E-state index in [0.717, 1.165) is 15.3 Å². The summed E-state index contributed by atoms with van der Waals surface area (Å²) in [6, 6.07) is 12.3. The number of fused-ring (bicyclic) bond motifs is 1. The molecule has 0 bridgehead atoms. The Morgan fingerprint density at radius 2 is 2.00 bits per heavy atom. The predicted octanol–water partition coefficient (Wildman–Crippen LogP) is 3.09. The first-order chi connectivity index (χ1) is 11.1. The molecule has 0 fully saturated rings. The third kappa shape index (κ3) is 3.82. The monoisotopic (exact) mass is 439 g/mol. The topological polar surface area (TPSA) is 81.2 Å². The molecule has 0 radical (unpaired) electrons. The van der Waals surface area contributed by atoms with Gasteiger partial charge in [-0.15, -0.1) is 0 Å². The predicted molar refractivity (Wildman–Crippen MR) is 95.5 cm³/mol. The summed E-state index contributed by atoms with van der Waals surface area (Å²) in [4.78, 5) is 23.8. The fraction of sp³-hybridized carbons (Fsp3) is 0.0667. The molecule has 0 aliphatic carbocycles. The van der Waals surface area contributed by atoms with Gasteiger partial charge in [0.1, 0.15) is 11.0 Å². The number of ether oxygens (including phenoxy) is 1. The minimum Gasteiger partial charge on any atom is -0.452 e. The molecule has 3 aromatic rings. The molecular formula is C15H10IN3O3S. The molecule has 1 heterocycles. The van der Waals surface area contributed by atoms with Crippen molar-refractivity contribution in [3.05, 3.63) is 51.6 Å². The minimum absolute atomic E-state index is 0.363. The summed E-state index contributed by atoms with van der Waals surface area (Å²) >= 11 is 3.18. The van der Waals surface area contributed by atoms with Crippen LogP contribution in [0.25, 0.3) is 11.0 Å². The SMILES string of the molecule is O=C(COC(=O)c1cccc(I)c1)Nc1cccc2nsnc12. The molecule has 0 saturated heterocycles. The number of nitrogens with zero attached hydrogens (tertiary/aromatic N) is 2. The molecular weight excluding hydrogens is 429 g/mol. The van der Waals surface area contributed by atoms with E-state index in [1.807, 2.05) is 12.1 Å². The molecule has 2 aromatic carbocycles. The van der Waals surface area contributed by atoms with Gasteiger partial charge in [0.2, 0.25) is 0 Å². The molecule has 1 aromatic heterocycles. The molecule has 1 N–H and O–H groups in total. The van der Waals surface area contributed by atoms with Gasteiger partial charge in [-0.1, -0.05) is 12.1 Å². The van der Waals surface area contributed by atoms with Crippen molar-refractivity contribution in [1.29, 1.82) is 0 Å². The van der Waals surface area contributed by atoms with Crippen LogP contribution in [0, 0.1) is 3.57 Å². The highest BCUT2D eigenvalue weighted by molar-refractivity contribution is 14.1. The average Bonchev–Trinajstić information content (AvgIpc) is 3.02. The zero-order chi connectivity index (χ0) is 16.2. The fourth-order valence-electron chi connectivity index (χ4n) is 1.92. The van der Waals surface area contributed by atoms with Crippen molar-refractivity contribution in [2.24, 2.45) is 0 Å². The van der Waals surface area contributed by atoms with Crippen molar-refractivity contribution in [2.45, 2.75) is 0 Å². The average molecular weight is 439 g/mol. The summed E-state index contributed by atoms with van der Waals surface area (Å²) in [6.45, 7) is -0.363. The van der Waals surface area contributed by atoms with Crippen LogP contribution in [0.5, 0.6) is 0 Å². The highest BCUT2D eigenvalue weighted by atomic mass is 127. The van der Waals surface area contributed by atoms with Crippen LogP contribution in [0.1, 0.15) is 10.4 Å². The smallest absolute Gasteiger partial charge is 0.338 e. The maximum atomic E-state index is 11.9. The number of nitrogens with one attached hydrogen (secondary N) is 1. The number of anilines is 1. The number of carbonyl (C=O) groups is 2. The van der Waals surface area contributed by atoms with Crippen LogP contribution in [0.15, 0.2) is 42.5 Å². The van der Waals surface area contributed by atoms with Gasteiger partial charge >= 0.3 is 5.97 Å². The highest BCUT2D eigenvalue weighted by Crippen LogP contribution is 2.21. The molecule has 0 aliphatic heterocycles. The normalized spacial score (nSPS) is 10.5. The lowest BCUT2D eigenvalue weighted by molar-refractivity contribution is -0.119. The first kappa shape index (κ1) is 15.8. The second kappa shape index (κ2) is 7.01. The maximum absolute atomic E-state index is 11.9. The van der Waals surface area contributed by atoms with E-state index in [2.05, 4.69) is 36.7 Å². The molecule has 0 unspecified atom stereocenters. The molecule has 6 nitrogen and oxygen atoms in total. The lowest BCUT2D eigenvalue weighted by atomic mass is 10.2.